The molecule has 174 valence electrons. The van der Waals surface area contributed by atoms with Crippen molar-refractivity contribution in [3.63, 3.8) is 0 Å². The van der Waals surface area contributed by atoms with Crippen LogP contribution in [0.4, 0.5) is 10.5 Å². The van der Waals surface area contributed by atoms with Crippen LogP contribution in [0.5, 0.6) is 5.75 Å². The van der Waals surface area contributed by atoms with Gasteiger partial charge in [0, 0.05) is 36.5 Å². The van der Waals surface area contributed by atoms with Crippen LogP contribution in [0.25, 0.3) is 16.8 Å². The Morgan fingerprint density at radius 1 is 1.12 bits per heavy atom. The number of anilines is 1. The van der Waals surface area contributed by atoms with Crippen LogP contribution in [0.3, 0.4) is 0 Å². The number of pyridine rings is 1. The molecule has 0 aliphatic carbocycles. The number of methoxy groups -OCH3 is 1. The molecule has 0 radical (unpaired) electrons. The van der Waals surface area contributed by atoms with Crippen LogP contribution in [-0.4, -0.2) is 40.5 Å². The molecule has 4 aromatic rings. The first-order chi connectivity index (χ1) is 16.7. The molecule has 0 spiro atoms. The third-order valence-corrected chi connectivity index (χ3v) is 6.61. The Morgan fingerprint density at radius 2 is 1.97 bits per heavy atom. The first kappa shape index (κ1) is 22.0. The number of amides is 2. The van der Waals surface area contributed by atoms with Crippen molar-refractivity contribution in [2.75, 3.05) is 25.5 Å². The third-order valence-electron chi connectivity index (χ3n) is 6.61. The second kappa shape index (κ2) is 9.59. The van der Waals surface area contributed by atoms with Gasteiger partial charge >= 0.3 is 6.03 Å². The third kappa shape index (κ3) is 4.36. The van der Waals surface area contributed by atoms with Crippen molar-refractivity contribution in [2.45, 2.75) is 32.1 Å². The number of hydrogen-bond acceptors (Lipinski definition) is 3. The van der Waals surface area contributed by atoms with E-state index in [0.717, 1.165) is 59.8 Å². The summed E-state index contributed by atoms with van der Waals surface area (Å²) in [6.45, 7) is 3.52. The number of carbonyl (C=O) groups is 1. The van der Waals surface area contributed by atoms with Gasteiger partial charge in [-0.25, -0.2) is 9.78 Å². The summed E-state index contributed by atoms with van der Waals surface area (Å²) in [7, 11) is 1.68. The molecule has 2 aromatic heterocycles. The van der Waals surface area contributed by atoms with E-state index in [0.29, 0.717) is 6.54 Å². The van der Waals surface area contributed by atoms with Crippen molar-refractivity contribution in [2.24, 2.45) is 0 Å². The maximum atomic E-state index is 13.0. The van der Waals surface area contributed by atoms with E-state index in [1.54, 1.807) is 7.11 Å². The minimum atomic E-state index is -0.0529. The number of urea groups is 1. The minimum absolute atomic E-state index is 0.0529. The Bertz CT molecular complexity index is 1300. The molecule has 1 aliphatic heterocycles. The maximum Gasteiger partial charge on any atom is 0.321 e. The Labute approximate surface area is 200 Å². The van der Waals surface area contributed by atoms with E-state index < -0.39 is 0 Å². The number of nitrogens with zero attached hydrogens (tertiary/aromatic N) is 3. The quantitative estimate of drug-likeness (QED) is 0.403. The highest BCUT2D eigenvalue weighted by molar-refractivity contribution is 5.89. The van der Waals surface area contributed by atoms with Crippen LogP contribution in [0.15, 0.2) is 72.9 Å². The van der Waals surface area contributed by atoms with Crippen molar-refractivity contribution in [3.8, 4) is 17.0 Å². The topological polar surface area (TPSA) is 58.9 Å². The second-order valence-electron chi connectivity index (χ2n) is 8.77. The minimum Gasteiger partial charge on any atom is -0.497 e. The SMILES string of the molecule is CCc1ccc(NC(=O)N2CCCC(c3nc(-c4cccc(OC)c4)c4ccccn34)C2)cc1. The van der Waals surface area contributed by atoms with Gasteiger partial charge in [0.25, 0.3) is 0 Å². The maximum absolute atomic E-state index is 13.0. The number of benzene rings is 2. The number of ether oxygens (including phenoxy) is 1. The van der Waals surface area contributed by atoms with Crippen molar-refractivity contribution in [1.29, 1.82) is 0 Å². The molecular weight excluding hydrogens is 424 g/mol. The molecule has 2 aromatic carbocycles. The van der Waals surface area contributed by atoms with Crippen LogP contribution >= 0.6 is 0 Å². The van der Waals surface area contributed by atoms with E-state index in [2.05, 4.69) is 47.1 Å². The smallest absolute Gasteiger partial charge is 0.321 e. The van der Waals surface area contributed by atoms with E-state index in [-0.39, 0.29) is 11.9 Å². The molecule has 1 fully saturated rings. The molecule has 0 saturated carbocycles. The van der Waals surface area contributed by atoms with Gasteiger partial charge < -0.3 is 19.4 Å². The molecule has 3 heterocycles. The second-order valence-corrected chi connectivity index (χ2v) is 8.77. The molecule has 1 aliphatic rings. The highest BCUT2D eigenvalue weighted by Crippen LogP contribution is 2.33. The van der Waals surface area contributed by atoms with Gasteiger partial charge in [0.15, 0.2) is 0 Å². The molecule has 6 heteroatoms. The lowest BCUT2D eigenvalue weighted by atomic mass is 9.97. The molecule has 1 atom stereocenters. The number of aryl methyl sites for hydroxylation is 1. The van der Waals surface area contributed by atoms with Gasteiger partial charge in [0.05, 0.1) is 18.3 Å². The highest BCUT2D eigenvalue weighted by atomic mass is 16.5. The number of rotatable bonds is 5. The Hall–Kier alpha value is -3.80. The summed E-state index contributed by atoms with van der Waals surface area (Å²) < 4.78 is 7.60. The Kier molecular flexibility index (Phi) is 6.21. The molecule has 1 saturated heterocycles. The zero-order valence-corrected chi connectivity index (χ0v) is 19.7. The number of hydrogen-bond donors (Lipinski definition) is 1. The monoisotopic (exact) mass is 454 g/mol. The van der Waals surface area contributed by atoms with E-state index in [4.69, 9.17) is 9.72 Å². The van der Waals surface area contributed by atoms with Crippen molar-refractivity contribution < 1.29 is 9.53 Å². The van der Waals surface area contributed by atoms with Gasteiger partial charge in [-0.2, -0.15) is 0 Å². The first-order valence-corrected chi connectivity index (χ1v) is 11.9. The number of piperidine rings is 1. The number of aromatic nitrogens is 2. The molecule has 5 rings (SSSR count). The van der Waals surface area contributed by atoms with Gasteiger partial charge in [-0.1, -0.05) is 37.3 Å². The van der Waals surface area contributed by atoms with Gasteiger partial charge in [-0.15, -0.1) is 0 Å². The summed E-state index contributed by atoms with van der Waals surface area (Å²) in [6.07, 6.45) is 5.00. The molecule has 2 amide bonds. The Morgan fingerprint density at radius 3 is 2.76 bits per heavy atom. The molecule has 1 N–H and O–H groups in total. The van der Waals surface area contributed by atoms with Crippen molar-refractivity contribution in [1.82, 2.24) is 14.3 Å². The van der Waals surface area contributed by atoms with Crippen LogP contribution in [0, 0.1) is 0 Å². The number of carbonyl (C=O) groups excluding carboxylic acids is 1. The fraction of sp³-hybridized carbons (Fsp3) is 0.286. The summed E-state index contributed by atoms with van der Waals surface area (Å²) >= 11 is 0. The van der Waals surface area contributed by atoms with Gasteiger partial charge in [0.2, 0.25) is 0 Å². The average molecular weight is 455 g/mol. The first-order valence-electron chi connectivity index (χ1n) is 11.9. The zero-order valence-electron chi connectivity index (χ0n) is 19.7. The van der Waals surface area contributed by atoms with Gasteiger partial charge in [0.1, 0.15) is 11.6 Å². The molecule has 6 nitrogen and oxygen atoms in total. The fourth-order valence-corrected chi connectivity index (χ4v) is 4.73. The Balaban J connectivity index is 1.40. The van der Waals surface area contributed by atoms with Crippen molar-refractivity contribution in [3.05, 3.63) is 84.3 Å². The average Bonchev–Trinajstić information content (AvgIpc) is 3.29. The summed E-state index contributed by atoms with van der Waals surface area (Å²) in [5, 5.41) is 3.06. The summed E-state index contributed by atoms with van der Waals surface area (Å²) in [5.74, 6) is 1.97. The summed E-state index contributed by atoms with van der Waals surface area (Å²) in [6, 6.07) is 22.2. The van der Waals surface area contributed by atoms with Gasteiger partial charge in [-0.05, 0) is 61.2 Å². The lowest BCUT2D eigenvalue weighted by molar-refractivity contribution is 0.191. The predicted octanol–water partition coefficient (Wildman–Crippen LogP) is 5.98. The van der Waals surface area contributed by atoms with Crippen LogP contribution in [0.2, 0.25) is 0 Å². The van der Waals surface area contributed by atoms with E-state index in [1.807, 2.05) is 47.4 Å². The zero-order chi connectivity index (χ0) is 23.5. The molecule has 0 bridgehead atoms. The molecular formula is C28H30N4O2. The van der Waals surface area contributed by atoms with E-state index in [1.165, 1.54) is 5.56 Å². The standard InChI is InChI=1S/C28H30N4O2/c1-3-20-12-14-23(15-13-20)29-28(33)31-16-7-9-22(19-31)27-30-26(25-11-4-5-17-32(25)27)21-8-6-10-24(18-21)34-2/h4-6,8,10-15,17-18,22H,3,7,9,16,19H2,1-2H3,(H,29,33). The highest BCUT2D eigenvalue weighted by Gasteiger charge is 2.28. The lowest BCUT2D eigenvalue weighted by Crippen LogP contribution is -2.42. The normalized spacial score (nSPS) is 15.9. The fourth-order valence-electron chi connectivity index (χ4n) is 4.73. The van der Waals surface area contributed by atoms with Crippen LogP contribution < -0.4 is 10.1 Å². The largest absolute Gasteiger partial charge is 0.497 e. The van der Waals surface area contributed by atoms with E-state index in [9.17, 15) is 4.79 Å². The van der Waals surface area contributed by atoms with Crippen LogP contribution in [0.1, 0.15) is 37.1 Å². The number of imidazole rings is 1. The lowest BCUT2D eigenvalue weighted by Gasteiger charge is -2.32. The van der Waals surface area contributed by atoms with Crippen LogP contribution in [-0.2, 0) is 6.42 Å². The number of nitrogens with one attached hydrogen (secondary N) is 1. The summed E-state index contributed by atoms with van der Waals surface area (Å²) in [4.78, 5) is 20.1. The molecule has 34 heavy (non-hydrogen) atoms. The van der Waals surface area contributed by atoms with Crippen molar-refractivity contribution >= 4 is 17.2 Å². The summed E-state index contributed by atoms with van der Waals surface area (Å²) in [5.41, 5.74) is 5.11. The number of fused-ring (bicyclic) bond motifs is 1. The van der Waals surface area contributed by atoms with E-state index >= 15 is 0 Å². The predicted molar refractivity (Wildman–Crippen MR) is 136 cm³/mol. The molecule has 1 unspecified atom stereocenters. The number of likely N-dealkylation sites (tertiary alicyclic amines) is 1. The van der Waals surface area contributed by atoms with Gasteiger partial charge in [-0.3, -0.25) is 0 Å².